The van der Waals surface area contributed by atoms with E-state index in [0.29, 0.717) is 25.7 Å². The van der Waals surface area contributed by atoms with Crippen LogP contribution in [0.25, 0.3) is 0 Å². The smallest absolute Gasteiger partial charge is 0.462 e. The summed E-state index contributed by atoms with van der Waals surface area (Å²) < 4.78 is 68.5. The molecule has 0 heterocycles. The van der Waals surface area contributed by atoms with Gasteiger partial charge in [-0.15, -0.1) is 0 Å². The van der Waals surface area contributed by atoms with Crippen LogP contribution < -0.4 is 0 Å². The monoisotopic (exact) mass is 1380 g/mol. The van der Waals surface area contributed by atoms with E-state index in [0.717, 1.165) is 102 Å². The van der Waals surface area contributed by atoms with Gasteiger partial charge in [-0.3, -0.25) is 37.3 Å². The van der Waals surface area contributed by atoms with Crippen LogP contribution in [-0.4, -0.2) is 96.7 Å². The summed E-state index contributed by atoms with van der Waals surface area (Å²) in [5.74, 6) is -1.31. The Bertz CT molecular complexity index is 1810. The van der Waals surface area contributed by atoms with Gasteiger partial charge in [0.25, 0.3) is 0 Å². The quantitative estimate of drug-likeness (QED) is 0.0222. The van der Waals surface area contributed by atoms with Gasteiger partial charge in [0.2, 0.25) is 0 Å². The predicted octanol–water partition coefficient (Wildman–Crippen LogP) is 22.1. The number of rotatable bonds is 75. The van der Waals surface area contributed by atoms with Crippen LogP contribution in [0.3, 0.4) is 0 Å². The zero-order valence-corrected chi connectivity index (χ0v) is 62.9. The van der Waals surface area contributed by atoms with E-state index >= 15 is 0 Å². The van der Waals surface area contributed by atoms with Crippen molar-refractivity contribution in [2.45, 2.75) is 412 Å². The number of carbonyl (C=O) groups excluding carboxylic acids is 4. The first-order valence-electron chi connectivity index (χ1n) is 39.2. The summed E-state index contributed by atoms with van der Waals surface area (Å²) in [6, 6.07) is 0. The molecular weight excluding hydrogens is 1230 g/mol. The molecule has 0 bridgehead atoms. The van der Waals surface area contributed by atoms with Crippen LogP contribution in [0.1, 0.15) is 394 Å². The van der Waals surface area contributed by atoms with Gasteiger partial charge in [-0.25, -0.2) is 9.13 Å². The Hall–Kier alpha value is -1.94. The minimum Gasteiger partial charge on any atom is -0.462 e. The van der Waals surface area contributed by atoms with Crippen molar-refractivity contribution in [1.29, 1.82) is 0 Å². The molecule has 558 valence electrons. The van der Waals surface area contributed by atoms with Crippen molar-refractivity contribution in [3.63, 3.8) is 0 Å². The fourth-order valence-corrected chi connectivity index (χ4v) is 13.1. The summed E-state index contributed by atoms with van der Waals surface area (Å²) in [4.78, 5) is 72.7. The van der Waals surface area contributed by atoms with Crippen molar-refractivity contribution >= 4 is 39.5 Å². The zero-order chi connectivity index (χ0) is 69.1. The number of aliphatic hydroxyl groups is 1. The van der Waals surface area contributed by atoms with E-state index in [1.807, 2.05) is 0 Å². The lowest BCUT2D eigenvalue weighted by atomic mass is 9.99. The van der Waals surface area contributed by atoms with Crippen molar-refractivity contribution in [3.8, 4) is 0 Å². The van der Waals surface area contributed by atoms with Gasteiger partial charge >= 0.3 is 39.5 Å². The molecule has 0 aromatic carbocycles. The molecule has 17 nitrogen and oxygen atoms in total. The van der Waals surface area contributed by atoms with Gasteiger partial charge in [-0.1, -0.05) is 343 Å². The van der Waals surface area contributed by atoms with Gasteiger partial charge in [-0.2, -0.15) is 0 Å². The molecule has 0 rings (SSSR count). The fourth-order valence-electron chi connectivity index (χ4n) is 11.5. The molecular formula is C75H146O17P2. The Kier molecular flexibility index (Phi) is 66.8. The van der Waals surface area contributed by atoms with E-state index in [4.69, 9.17) is 37.0 Å². The molecule has 6 atom stereocenters. The van der Waals surface area contributed by atoms with Crippen LogP contribution in [0.2, 0.25) is 0 Å². The molecule has 0 spiro atoms. The van der Waals surface area contributed by atoms with E-state index in [1.165, 1.54) is 212 Å². The second-order valence-corrected chi connectivity index (χ2v) is 30.2. The van der Waals surface area contributed by atoms with Gasteiger partial charge in [0.05, 0.1) is 26.4 Å². The van der Waals surface area contributed by atoms with Crippen LogP contribution in [-0.2, 0) is 65.4 Å². The third-order valence-corrected chi connectivity index (χ3v) is 19.8. The Labute approximate surface area is 575 Å². The topological polar surface area (TPSA) is 237 Å². The van der Waals surface area contributed by atoms with Crippen LogP contribution in [0.4, 0.5) is 0 Å². The number of phosphoric ester groups is 2. The normalized spacial score (nSPS) is 14.3. The first-order valence-corrected chi connectivity index (χ1v) is 42.2. The molecule has 0 aromatic rings. The average molecular weight is 1380 g/mol. The molecule has 94 heavy (non-hydrogen) atoms. The Morgan fingerprint density at radius 3 is 0.755 bits per heavy atom. The number of ether oxygens (including phenoxy) is 4. The Balaban J connectivity index is 5.22. The highest BCUT2D eigenvalue weighted by molar-refractivity contribution is 7.47. The molecule has 0 aliphatic heterocycles. The maximum atomic E-state index is 13.1. The highest BCUT2D eigenvalue weighted by Crippen LogP contribution is 2.45. The number of phosphoric acid groups is 2. The first kappa shape index (κ1) is 92.1. The second-order valence-electron chi connectivity index (χ2n) is 27.3. The molecule has 0 saturated heterocycles. The summed E-state index contributed by atoms with van der Waals surface area (Å²) in [5.41, 5.74) is 0. The zero-order valence-electron chi connectivity index (χ0n) is 61.1. The highest BCUT2D eigenvalue weighted by Gasteiger charge is 2.30. The minimum atomic E-state index is -4.96. The Morgan fingerprint density at radius 2 is 0.511 bits per heavy atom. The second kappa shape index (κ2) is 68.2. The predicted molar refractivity (Wildman–Crippen MR) is 382 cm³/mol. The van der Waals surface area contributed by atoms with Crippen LogP contribution in [0.15, 0.2) is 0 Å². The van der Waals surface area contributed by atoms with Crippen molar-refractivity contribution in [2.75, 3.05) is 39.6 Å². The van der Waals surface area contributed by atoms with Crippen LogP contribution in [0, 0.1) is 5.92 Å². The summed E-state index contributed by atoms with van der Waals surface area (Å²) in [7, 11) is -9.91. The number of esters is 4. The molecule has 0 fully saturated rings. The SMILES string of the molecule is CCCCCCCCCCCCCCCCCCC(=O)OC[C@H](COP(=O)(O)OC[C@@H](O)COP(=O)(O)OC[C@@H](COC(=O)CCCCCCCCCC)OC(=O)CCCCCCCCCCCCC(C)CC)OC(=O)CCCCCCCCCCCCCCCCCC. The van der Waals surface area contributed by atoms with Gasteiger partial charge < -0.3 is 33.8 Å². The molecule has 0 aliphatic carbocycles. The lowest BCUT2D eigenvalue weighted by Crippen LogP contribution is -2.30. The van der Waals surface area contributed by atoms with Gasteiger partial charge in [0.1, 0.15) is 19.3 Å². The van der Waals surface area contributed by atoms with E-state index in [2.05, 4.69) is 34.6 Å². The molecule has 0 aromatic heterocycles. The summed E-state index contributed by atoms with van der Waals surface area (Å²) in [5, 5.41) is 10.6. The lowest BCUT2D eigenvalue weighted by molar-refractivity contribution is -0.161. The third kappa shape index (κ3) is 67.3. The Morgan fingerprint density at radius 1 is 0.298 bits per heavy atom. The van der Waals surface area contributed by atoms with Crippen LogP contribution in [0.5, 0.6) is 0 Å². The summed E-state index contributed by atoms with van der Waals surface area (Å²) >= 11 is 0. The highest BCUT2D eigenvalue weighted by atomic mass is 31.2. The van der Waals surface area contributed by atoms with E-state index in [9.17, 15) is 43.2 Å². The maximum absolute atomic E-state index is 13.1. The maximum Gasteiger partial charge on any atom is 0.472 e. The van der Waals surface area contributed by atoms with Crippen molar-refractivity contribution < 1.29 is 80.2 Å². The summed E-state index contributed by atoms with van der Waals surface area (Å²) in [6.07, 6.45) is 56.8. The number of carbonyl (C=O) groups is 4. The van der Waals surface area contributed by atoms with Crippen molar-refractivity contribution in [3.05, 3.63) is 0 Å². The standard InChI is InChI=1S/C75H146O17P2/c1-6-10-13-16-19-22-24-26-28-30-32-34-39-44-49-54-59-73(78)86-65-71(92-74(79)60-55-50-45-40-35-33-31-29-27-25-23-20-17-14-11-7-2)67-90-94(83,84)88-63-69(76)62-87-93(81,82)89-66-70(64-85-72(77)58-53-48-43-21-18-15-12-8-3)91-75(80)61-56-51-46-41-37-36-38-42-47-52-57-68(5)9-4/h68-71,76H,6-67H2,1-5H3,(H,81,82)(H,83,84)/t68?,69-,70+,71+/m0/s1. The van der Waals surface area contributed by atoms with Gasteiger partial charge in [-0.05, 0) is 31.6 Å². The first-order chi connectivity index (χ1) is 45.6. The van der Waals surface area contributed by atoms with Crippen molar-refractivity contribution in [1.82, 2.24) is 0 Å². The molecule has 0 radical (unpaired) electrons. The van der Waals surface area contributed by atoms with Gasteiger partial charge in [0.15, 0.2) is 12.2 Å². The number of hydrogen-bond acceptors (Lipinski definition) is 15. The molecule has 0 saturated carbocycles. The summed E-state index contributed by atoms with van der Waals surface area (Å²) in [6.45, 7) is 7.29. The van der Waals surface area contributed by atoms with E-state index in [-0.39, 0.29) is 25.7 Å². The molecule has 0 amide bonds. The largest absolute Gasteiger partial charge is 0.472 e. The third-order valence-electron chi connectivity index (χ3n) is 17.9. The fraction of sp³-hybridized carbons (Fsp3) is 0.947. The minimum absolute atomic E-state index is 0.106. The van der Waals surface area contributed by atoms with E-state index < -0.39 is 97.5 Å². The molecule has 3 unspecified atom stereocenters. The van der Waals surface area contributed by atoms with Crippen molar-refractivity contribution in [2.24, 2.45) is 5.92 Å². The van der Waals surface area contributed by atoms with E-state index in [1.54, 1.807) is 0 Å². The average Bonchev–Trinajstić information content (AvgIpc) is 2.29. The number of aliphatic hydroxyl groups excluding tert-OH is 1. The lowest BCUT2D eigenvalue weighted by Gasteiger charge is -2.21. The van der Waals surface area contributed by atoms with Crippen LogP contribution >= 0.6 is 15.6 Å². The molecule has 19 heteroatoms. The molecule has 0 aliphatic rings. The number of unbranched alkanes of at least 4 members (excludes halogenated alkanes) is 46. The number of hydrogen-bond donors (Lipinski definition) is 3. The van der Waals surface area contributed by atoms with Gasteiger partial charge in [0, 0.05) is 25.7 Å². The molecule has 3 N–H and O–H groups in total.